The van der Waals surface area contributed by atoms with Crippen LogP contribution in [0.3, 0.4) is 0 Å². The molecule has 0 atom stereocenters. The van der Waals surface area contributed by atoms with Crippen molar-refractivity contribution in [3.8, 4) is 5.69 Å². The fraction of sp³-hybridized carbons (Fsp3) is 0.308. The molecule has 3 heteroatoms. The lowest BCUT2D eigenvalue weighted by Crippen LogP contribution is -2.17. The van der Waals surface area contributed by atoms with E-state index in [9.17, 15) is 0 Å². The van der Waals surface area contributed by atoms with E-state index in [4.69, 9.17) is 11.6 Å². The minimum absolute atomic E-state index is 0.0795. The molecule has 0 radical (unpaired) electrons. The molecule has 0 unspecified atom stereocenters. The van der Waals surface area contributed by atoms with Gasteiger partial charge >= 0.3 is 0 Å². The van der Waals surface area contributed by atoms with Gasteiger partial charge in [-0.1, -0.05) is 32.4 Å². The molecule has 1 aromatic carbocycles. The second-order valence-corrected chi connectivity index (χ2v) is 5.29. The van der Waals surface area contributed by atoms with Crippen molar-refractivity contribution in [3.63, 3.8) is 0 Å². The average molecular weight is 235 g/mol. The van der Waals surface area contributed by atoms with Gasteiger partial charge in [-0.15, -0.1) is 0 Å². The standard InChI is InChI=1S/C13H15ClN2/c1-13(2,3)12-8-9-15-16(12)11-6-4-10(14)5-7-11/h4-9H,1-3H3. The van der Waals surface area contributed by atoms with Gasteiger partial charge in [0, 0.05) is 22.3 Å². The zero-order chi connectivity index (χ0) is 11.8. The van der Waals surface area contributed by atoms with Gasteiger partial charge in [0.25, 0.3) is 0 Å². The van der Waals surface area contributed by atoms with E-state index in [1.165, 1.54) is 5.69 Å². The predicted molar refractivity (Wildman–Crippen MR) is 67.3 cm³/mol. The van der Waals surface area contributed by atoms with Crippen molar-refractivity contribution in [2.45, 2.75) is 26.2 Å². The zero-order valence-corrected chi connectivity index (χ0v) is 10.5. The molecule has 0 aliphatic heterocycles. The van der Waals surface area contributed by atoms with Crippen molar-refractivity contribution >= 4 is 11.6 Å². The molecule has 2 nitrogen and oxygen atoms in total. The molecule has 0 aliphatic carbocycles. The van der Waals surface area contributed by atoms with E-state index in [1.807, 2.05) is 35.1 Å². The lowest BCUT2D eigenvalue weighted by molar-refractivity contribution is 0.544. The number of hydrogen-bond acceptors (Lipinski definition) is 1. The number of halogens is 1. The molecular formula is C13H15ClN2. The first-order chi connectivity index (χ1) is 7.48. The highest BCUT2D eigenvalue weighted by Gasteiger charge is 2.19. The van der Waals surface area contributed by atoms with Crippen LogP contribution in [0.5, 0.6) is 0 Å². The summed E-state index contributed by atoms with van der Waals surface area (Å²) in [5, 5.41) is 5.10. The van der Waals surface area contributed by atoms with Crippen LogP contribution in [0.25, 0.3) is 5.69 Å². The highest BCUT2D eigenvalue weighted by atomic mass is 35.5. The Morgan fingerprint density at radius 3 is 2.25 bits per heavy atom. The molecule has 0 fully saturated rings. The van der Waals surface area contributed by atoms with Crippen LogP contribution in [0.15, 0.2) is 36.5 Å². The maximum atomic E-state index is 5.87. The Kier molecular flexibility index (Phi) is 2.76. The van der Waals surface area contributed by atoms with Crippen LogP contribution in [0, 0.1) is 0 Å². The Balaban J connectivity index is 2.49. The third-order valence-electron chi connectivity index (χ3n) is 2.48. The van der Waals surface area contributed by atoms with Crippen molar-refractivity contribution < 1.29 is 0 Å². The molecule has 2 rings (SSSR count). The summed E-state index contributed by atoms with van der Waals surface area (Å²) >= 11 is 5.87. The van der Waals surface area contributed by atoms with Crippen LogP contribution >= 0.6 is 11.6 Å². The van der Waals surface area contributed by atoms with E-state index in [-0.39, 0.29) is 5.41 Å². The van der Waals surface area contributed by atoms with Gasteiger partial charge in [-0.2, -0.15) is 5.10 Å². The molecule has 0 saturated heterocycles. The second kappa shape index (κ2) is 3.95. The highest BCUT2D eigenvalue weighted by Crippen LogP contribution is 2.24. The van der Waals surface area contributed by atoms with E-state index in [1.54, 1.807) is 0 Å². The molecule has 0 amide bonds. The molecular weight excluding hydrogens is 220 g/mol. The summed E-state index contributed by atoms with van der Waals surface area (Å²) in [6, 6.07) is 9.76. The number of aromatic nitrogens is 2. The van der Waals surface area contributed by atoms with Crippen LogP contribution < -0.4 is 0 Å². The first kappa shape index (κ1) is 11.2. The largest absolute Gasteiger partial charge is 0.237 e. The molecule has 0 aliphatic rings. The number of rotatable bonds is 1. The lowest BCUT2D eigenvalue weighted by atomic mass is 9.92. The van der Waals surface area contributed by atoms with E-state index in [0.717, 1.165) is 10.7 Å². The third kappa shape index (κ3) is 2.12. The molecule has 2 aromatic rings. The summed E-state index contributed by atoms with van der Waals surface area (Å²) in [7, 11) is 0. The van der Waals surface area contributed by atoms with Crippen LogP contribution in [0.1, 0.15) is 26.5 Å². The minimum atomic E-state index is 0.0795. The van der Waals surface area contributed by atoms with Gasteiger partial charge < -0.3 is 0 Å². The summed E-state index contributed by atoms with van der Waals surface area (Å²) in [4.78, 5) is 0. The topological polar surface area (TPSA) is 17.8 Å². The first-order valence-corrected chi connectivity index (χ1v) is 5.67. The molecule has 16 heavy (non-hydrogen) atoms. The van der Waals surface area contributed by atoms with Crippen LogP contribution in [0.4, 0.5) is 0 Å². The number of hydrogen-bond donors (Lipinski definition) is 0. The van der Waals surface area contributed by atoms with Gasteiger partial charge in [0.05, 0.1) is 5.69 Å². The van der Waals surface area contributed by atoms with Gasteiger partial charge in [-0.05, 0) is 30.3 Å². The summed E-state index contributed by atoms with van der Waals surface area (Å²) in [5.41, 5.74) is 2.31. The molecule has 1 heterocycles. The quantitative estimate of drug-likeness (QED) is 0.734. The van der Waals surface area contributed by atoms with E-state index in [0.29, 0.717) is 0 Å². The third-order valence-corrected chi connectivity index (χ3v) is 2.73. The Labute approximate surface area is 101 Å². The Morgan fingerprint density at radius 2 is 1.69 bits per heavy atom. The smallest absolute Gasteiger partial charge is 0.0650 e. The SMILES string of the molecule is CC(C)(C)c1ccnn1-c1ccc(Cl)cc1. The van der Waals surface area contributed by atoms with Gasteiger partial charge in [-0.25, -0.2) is 4.68 Å². The zero-order valence-electron chi connectivity index (χ0n) is 9.74. The predicted octanol–water partition coefficient (Wildman–Crippen LogP) is 3.82. The van der Waals surface area contributed by atoms with Crippen molar-refractivity contribution in [1.82, 2.24) is 9.78 Å². The molecule has 0 bridgehead atoms. The van der Waals surface area contributed by atoms with Crippen LogP contribution in [0.2, 0.25) is 5.02 Å². The maximum Gasteiger partial charge on any atom is 0.0650 e. The summed E-state index contributed by atoms with van der Waals surface area (Å²) in [6.07, 6.45) is 1.83. The molecule has 84 valence electrons. The molecule has 1 aromatic heterocycles. The van der Waals surface area contributed by atoms with Crippen molar-refractivity contribution in [1.29, 1.82) is 0 Å². The monoisotopic (exact) mass is 234 g/mol. The Hall–Kier alpha value is -1.28. The molecule has 0 saturated carbocycles. The fourth-order valence-electron chi connectivity index (χ4n) is 1.66. The minimum Gasteiger partial charge on any atom is -0.237 e. The molecule has 0 N–H and O–H groups in total. The average Bonchev–Trinajstić information content (AvgIpc) is 2.66. The number of benzene rings is 1. The van der Waals surface area contributed by atoms with Gasteiger partial charge in [0.2, 0.25) is 0 Å². The summed E-state index contributed by atoms with van der Waals surface area (Å²) in [6.45, 7) is 6.53. The van der Waals surface area contributed by atoms with Gasteiger partial charge in [0.15, 0.2) is 0 Å². The van der Waals surface area contributed by atoms with E-state index in [2.05, 4.69) is 31.9 Å². The van der Waals surface area contributed by atoms with Crippen LogP contribution in [-0.2, 0) is 5.41 Å². The Morgan fingerprint density at radius 1 is 1.06 bits per heavy atom. The maximum absolute atomic E-state index is 5.87. The first-order valence-electron chi connectivity index (χ1n) is 5.29. The van der Waals surface area contributed by atoms with Crippen molar-refractivity contribution in [2.24, 2.45) is 0 Å². The van der Waals surface area contributed by atoms with Gasteiger partial charge in [-0.3, -0.25) is 0 Å². The summed E-state index contributed by atoms with van der Waals surface area (Å²) < 4.78 is 1.95. The van der Waals surface area contributed by atoms with E-state index < -0.39 is 0 Å². The lowest BCUT2D eigenvalue weighted by Gasteiger charge is -2.20. The Bertz CT molecular complexity index is 477. The van der Waals surface area contributed by atoms with Crippen LogP contribution in [-0.4, -0.2) is 9.78 Å². The van der Waals surface area contributed by atoms with Crippen molar-refractivity contribution in [3.05, 3.63) is 47.2 Å². The fourth-order valence-corrected chi connectivity index (χ4v) is 1.79. The highest BCUT2D eigenvalue weighted by molar-refractivity contribution is 6.30. The summed E-state index contributed by atoms with van der Waals surface area (Å²) in [5.74, 6) is 0. The number of nitrogens with zero attached hydrogens (tertiary/aromatic N) is 2. The van der Waals surface area contributed by atoms with Crippen molar-refractivity contribution in [2.75, 3.05) is 0 Å². The van der Waals surface area contributed by atoms with Gasteiger partial charge in [0.1, 0.15) is 0 Å². The van der Waals surface area contributed by atoms with E-state index >= 15 is 0 Å². The normalized spacial score (nSPS) is 11.8. The molecule has 0 spiro atoms. The second-order valence-electron chi connectivity index (χ2n) is 4.85.